The maximum Gasteiger partial charge on any atom is 0.239 e. The molecule has 0 saturated carbocycles. The Hall–Kier alpha value is -0.560. The molecule has 0 radical (unpaired) electrons. The fraction of sp³-hybridized carbons (Fsp3) is 0.875. The van der Waals surface area contributed by atoms with Crippen molar-refractivity contribution < 1.29 is 9.59 Å². The molecule has 1 atom stereocenters. The predicted molar refractivity (Wildman–Crippen MR) is 103 cm³/mol. The van der Waals surface area contributed by atoms with Gasteiger partial charge in [0.2, 0.25) is 11.8 Å². The molecule has 0 spiro atoms. The molecule has 0 aromatic carbocycles. The summed E-state index contributed by atoms with van der Waals surface area (Å²) in [7, 11) is 0. The molecule has 24 heavy (non-hydrogen) atoms. The first kappa shape index (κ1) is 25.7. The number of halogens is 2. The van der Waals surface area contributed by atoms with Gasteiger partial charge >= 0.3 is 0 Å². The average molecular weight is 385 g/mol. The highest BCUT2D eigenvalue weighted by atomic mass is 35.5. The molecular weight excluding hydrogens is 351 g/mol. The number of nitrogens with zero attached hydrogens (tertiary/aromatic N) is 3. The zero-order chi connectivity index (χ0) is 16.7. The van der Waals surface area contributed by atoms with Crippen LogP contribution in [0.15, 0.2) is 0 Å². The normalized spacial score (nSPS) is 16.2. The average Bonchev–Trinajstić information content (AvgIpc) is 2.47. The molecule has 1 aliphatic heterocycles. The summed E-state index contributed by atoms with van der Waals surface area (Å²) in [5, 5.41) is 0. The van der Waals surface area contributed by atoms with Gasteiger partial charge in [0.1, 0.15) is 0 Å². The molecule has 0 aromatic heterocycles. The topological polar surface area (TPSA) is 69.9 Å². The van der Waals surface area contributed by atoms with Crippen LogP contribution in [0, 0.1) is 5.92 Å². The van der Waals surface area contributed by atoms with Crippen LogP contribution < -0.4 is 5.73 Å². The summed E-state index contributed by atoms with van der Waals surface area (Å²) in [4.78, 5) is 30.2. The highest BCUT2D eigenvalue weighted by molar-refractivity contribution is 5.85. The van der Waals surface area contributed by atoms with E-state index in [-0.39, 0.29) is 36.6 Å². The van der Waals surface area contributed by atoms with Gasteiger partial charge in [0, 0.05) is 39.3 Å². The van der Waals surface area contributed by atoms with Crippen molar-refractivity contribution in [2.75, 3.05) is 45.8 Å². The number of rotatable bonds is 7. The SMILES string of the molecule is CCN(CC)C(=O)CN1CCN(C(=O)[C@@H](N)CC(C)C)CC1.Cl.Cl. The minimum atomic E-state index is -0.399. The van der Waals surface area contributed by atoms with E-state index in [9.17, 15) is 9.59 Å². The minimum absolute atomic E-state index is 0. The maximum atomic E-state index is 12.3. The van der Waals surface area contributed by atoms with Crippen molar-refractivity contribution >= 4 is 36.6 Å². The fourth-order valence-electron chi connectivity index (χ4n) is 2.84. The van der Waals surface area contributed by atoms with Gasteiger partial charge in [-0.25, -0.2) is 0 Å². The number of hydrogen-bond acceptors (Lipinski definition) is 4. The predicted octanol–water partition coefficient (Wildman–Crippen LogP) is 1.22. The Bertz CT molecular complexity index is 371. The standard InChI is InChI=1S/C16H32N4O2.2ClH/c1-5-19(6-2)15(21)12-18-7-9-20(10-8-18)16(22)14(17)11-13(3)4;;/h13-14H,5-12,17H2,1-4H3;2*1H/t14-;;/m0../s1. The molecule has 144 valence electrons. The molecule has 0 bridgehead atoms. The minimum Gasteiger partial charge on any atom is -0.342 e. The van der Waals surface area contributed by atoms with Gasteiger partial charge in [-0.2, -0.15) is 0 Å². The fourth-order valence-corrected chi connectivity index (χ4v) is 2.84. The van der Waals surface area contributed by atoms with Crippen LogP contribution in [-0.4, -0.2) is 78.4 Å². The van der Waals surface area contributed by atoms with E-state index in [4.69, 9.17) is 5.73 Å². The molecule has 0 aliphatic carbocycles. The number of hydrogen-bond donors (Lipinski definition) is 1. The van der Waals surface area contributed by atoms with Gasteiger partial charge in [0.05, 0.1) is 12.6 Å². The summed E-state index contributed by atoms with van der Waals surface area (Å²) in [6, 6.07) is -0.399. The zero-order valence-electron chi connectivity index (χ0n) is 15.4. The van der Waals surface area contributed by atoms with Gasteiger partial charge in [-0.3, -0.25) is 14.5 Å². The molecule has 1 heterocycles. The second-order valence-electron chi connectivity index (χ2n) is 6.40. The third kappa shape index (κ3) is 8.01. The zero-order valence-corrected chi connectivity index (χ0v) is 17.0. The van der Waals surface area contributed by atoms with Crippen molar-refractivity contribution in [3.8, 4) is 0 Å². The number of likely N-dealkylation sites (N-methyl/N-ethyl adjacent to an activating group) is 1. The Kier molecular flexibility index (Phi) is 13.6. The number of piperazine rings is 1. The Morgan fingerprint density at radius 3 is 1.96 bits per heavy atom. The Labute approximate surface area is 158 Å². The molecule has 1 fully saturated rings. The Morgan fingerprint density at radius 2 is 1.54 bits per heavy atom. The summed E-state index contributed by atoms with van der Waals surface area (Å²) in [6.45, 7) is 12.9. The van der Waals surface area contributed by atoms with Crippen molar-refractivity contribution in [3.05, 3.63) is 0 Å². The molecule has 2 N–H and O–H groups in total. The molecule has 1 aliphatic rings. The van der Waals surface area contributed by atoms with Gasteiger partial charge in [-0.05, 0) is 26.2 Å². The van der Waals surface area contributed by atoms with E-state index >= 15 is 0 Å². The van der Waals surface area contributed by atoms with Crippen LogP contribution in [0.25, 0.3) is 0 Å². The summed E-state index contributed by atoms with van der Waals surface area (Å²) in [6.07, 6.45) is 0.722. The molecule has 8 heteroatoms. The molecule has 0 aromatic rings. The first-order valence-corrected chi connectivity index (χ1v) is 8.43. The lowest BCUT2D eigenvalue weighted by atomic mass is 10.0. The number of carbonyl (C=O) groups excluding carboxylic acids is 2. The van der Waals surface area contributed by atoms with Crippen LogP contribution in [-0.2, 0) is 9.59 Å². The monoisotopic (exact) mass is 384 g/mol. The van der Waals surface area contributed by atoms with Crippen LogP contribution >= 0.6 is 24.8 Å². The van der Waals surface area contributed by atoms with Gasteiger partial charge in [-0.1, -0.05) is 13.8 Å². The lowest BCUT2D eigenvalue weighted by Crippen LogP contribution is -2.54. The quantitative estimate of drug-likeness (QED) is 0.716. The van der Waals surface area contributed by atoms with Crippen molar-refractivity contribution in [1.29, 1.82) is 0 Å². The highest BCUT2D eigenvalue weighted by Gasteiger charge is 2.26. The number of carbonyl (C=O) groups is 2. The van der Waals surface area contributed by atoms with Crippen molar-refractivity contribution in [2.45, 2.75) is 40.2 Å². The van der Waals surface area contributed by atoms with E-state index in [1.165, 1.54) is 0 Å². The van der Waals surface area contributed by atoms with E-state index in [1.807, 2.05) is 23.6 Å². The number of nitrogens with two attached hydrogens (primary N) is 1. The van der Waals surface area contributed by atoms with Crippen LogP contribution in [0.3, 0.4) is 0 Å². The maximum absolute atomic E-state index is 12.3. The largest absolute Gasteiger partial charge is 0.342 e. The Balaban J connectivity index is 0. The summed E-state index contributed by atoms with van der Waals surface area (Å²) < 4.78 is 0. The first-order chi connectivity index (χ1) is 10.4. The van der Waals surface area contributed by atoms with E-state index < -0.39 is 6.04 Å². The van der Waals surface area contributed by atoms with E-state index in [1.54, 1.807) is 0 Å². The number of amides is 2. The van der Waals surface area contributed by atoms with E-state index in [0.29, 0.717) is 25.6 Å². The smallest absolute Gasteiger partial charge is 0.239 e. The molecular formula is C16H34Cl2N4O2. The third-order valence-electron chi connectivity index (χ3n) is 4.20. The van der Waals surface area contributed by atoms with Crippen LogP contribution in [0.5, 0.6) is 0 Å². The van der Waals surface area contributed by atoms with Crippen molar-refractivity contribution in [3.63, 3.8) is 0 Å². The highest BCUT2D eigenvalue weighted by Crippen LogP contribution is 2.09. The van der Waals surface area contributed by atoms with Crippen LogP contribution in [0.1, 0.15) is 34.1 Å². The summed E-state index contributed by atoms with van der Waals surface area (Å²) in [5.41, 5.74) is 5.97. The van der Waals surface area contributed by atoms with E-state index in [0.717, 1.165) is 32.6 Å². The molecule has 1 saturated heterocycles. The van der Waals surface area contributed by atoms with E-state index in [2.05, 4.69) is 18.7 Å². The van der Waals surface area contributed by atoms with Crippen molar-refractivity contribution in [1.82, 2.24) is 14.7 Å². The van der Waals surface area contributed by atoms with Gasteiger partial charge < -0.3 is 15.5 Å². The van der Waals surface area contributed by atoms with Gasteiger partial charge in [0.15, 0.2) is 0 Å². The van der Waals surface area contributed by atoms with Gasteiger partial charge in [-0.15, -0.1) is 24.8 Å². The van der Waals surface area contributed by atoms with Gasteiger partial charge in [0.25, 0.3) is 0 Å². The molecule has 2 amide bonds. The van der Waals surface area contributed by atoms with Crippen LogP contribution in [0.4, 0.5) is 0 Å². The second-order valence-corrected chi connectivity index (χ2v) is 6.40. The first-order valence-electron chi connectivity index (χ1n) is 8.43. The molecule has 6 nitrogen and oxygen atoms in total. The summed E-state index contributed by atoms with van der Waals surface area (Å²) >= 11 is 0. The lowest BCUT2D eigenvalue weighted by Gasteiger charge is -2.36. The molecule has 1 rings (SSSR count). The lowest BCUT2D eigenvalue weighted by molar-refractivity contribution is -0.136. The third-order valence-corrected chi connectivity index (χ3v) is 4.20. The molecule has 0 unspecified atom stereocenters. The van der Waals surface area contributed by atoms with Crippen molar-refractivity contribution in [2.24, 2.45) is 11.7 Å². The van der Waals surface area contributed by atoms with Crippen LogP contribution in [0.2, 0.25) is 0 Å². The summed E-state index contributed by atoms with van der Waals surface area (Å²) in [5.74, 6) is 0.636. The second kappa shape index (κ2) is 12.8. The Morgan fingerprint density at radius 1 is 1.04 bits per heavy atom.